The third-order valence-electron chi connectivity index (χ3n) is 2.80. The summed E-state index contributed by atoms with van der Waals surface area (Å²) < 4.78 is 0. The number of nitrogens with one attached hydrogen (secondary N) is 1. The van der Waals surface area contributed by atoms with Gasteiger partial charge < -0.3 is 15.3 Å². The number of carboxylic acids is 1. The highest BCUT2D eigenvalue weighted by Gasteiger charge is 2.13. The topological polar surface area (TPSA) is 86.7 Å². The maximum absolute atomic E-state index is 11.7. The molecule has 2 N–H and O–H groups in total. The first-order chi connectivity index (χ1) is 8.90. The fourth-order valence-corrected chi connectivity index (χ4v) is 1.79. The molecular formula is C13H24N2O4. The van der Waals surface area contributed by atoms with Crippen LogP contribution in [0.4, 0.5) is 0 Å². The zero-order valence-electron chi connectivity index (χ0n) is 11.9. The van der Waals surface area contributed by atoms with Gasteiger partial charge in [-0.25, -0.2) is 0 Å². The lowest BCUT2D eigenvalue weighted by Crippen LogP contribution is -2.34. The molecular weight excluding hydrogens is 248 g/mol. The van der Waals surface area contributed by atoms with E-state index < -0.39 is 5.97 Å². The number of carbonyl (C=O) groups is 3. The van der Waals surface area contributed by atoms with E-state index in [0.29, 0.717) is 25.9 Å². The Bertz CT molecular complexity index is 314. The molecule has 0 saturated carbocycles. The van der Waals surface area contributed by atoms with Gasteiger partial charge in [0, 0.05) is 32.0 Å². The first-order valence-electron chi connectivity index (χ1n) is 6.69. The molecule has 6 nitrogen and oxygen atoms in total. The van der Waals surface area contributed by atoms with Gasteiger partial charge in [-0.2, -0.15) is 0 Å². The van der Waals surface area contributed by atoms with Gasteiger partial charge in [0.1, 0.15) is 0 Å². The zero-order chi connectivity index (χ0) is 14.8. The normalized spacial score (nSPS) is 11.7. The summed E-state index contributed by atoms with van der Waals surface area (Å²) in [6, 6.07) is -0.386. The van der Waals surface area contributed by atoms with Crippen molar-refractivity contribution in [1.29, 1.82) is 0 Å². The first kappa shape index (κ1) is 17.4. The molecule has 19 heavy (non-hydrogen) atoms. The van der Waals surface area contributed by atoms with E-state index in [1.165, 1.54) is 0 Å². The van der Waals surface area contributed by atoms with E-state index in [4.69, 9.17) is 5.11 Å². The van der Waals surface area contributed by atoms with Crippen LogP contribution in [-0.4, -0.2) is 46.9 Å². The molecule has 0 aromatic rings. The van der Waals surface area contributed by atoms with E-state index in [9.17, 15) is 14.4 Å². The Balaban J connectivity index is 3.85. The summed E-state index contributed by atoms with van der Waals surface area (Å²) in [5.41, 5.74) is 0. The van der Waals surface area contributed by atoms with Crippen LogP contribution in [0.1, 0.15) is 46.5 Å². The lowest BCUT2D eigenvalue weighted by atomic mass is 10.2. The number of aliphatic carboxylic acids is 1. The third kappa shape index (κ3) is 8.18. The minimum Gasteiger partial charge on any atom is -0.481 e. The number of rotatable bonds is 9. The van der Waals surface area contributed by atoms with Crippen molar-refractivity contribution in [2.24, 2.45) is 0 Å². The molecule has 0 heterocycles. The molecule has 0 aromatic heterocycles. The molecule has 0 aliphatic heterocycles. The van der Waals surface area contributed by atoms with E-state index in [0.717, 1.165) is 0 Å². The second kappa shape index (κ2) is 9.35. The Kier molecular flexibility index (Phi) is 8.57. The number of carbonyl (C=O) groups excluding carboxylic acids is 2. The molecule has 0 aromatic carbocycles. The SMILES string of the molecule is CCN(CC)C(=O)CCCC(=O)NC(C)CC(=O)O. The largest absolute Gasteiger partial charge is 0.481 e. The van der Waals surface area contributed by atoms with E-state index in [1.807, 2.05) is 13.8 Å². The Morgan fingerprint density at radius 3 is 2.21 bits per heavy atom. The van der Waals surface area contributed by atoms with Crippen molar-refractivity contribution < 1.29 is 19.5 Å². The van der Waals surface area contributed by atoms with Gasteiger partial charge in [-0.1, -0.05) is 0 Å². The van der Waals surface area contributed by atoms with Gasteiger partial charge in [0.2, 0.25) is 11.8 Å². The van der Waals surface area contributed by atoms with E-state index in [1.54, 1.807) is 11.8 Å². The molecule has 0 aliphatic carbocycles. The maximum Gasteiger partial charge on any atom is 0.305 e. The molecule has 0 fully saturated rings. The summed E-state index contributed by atoms with van der Waals surface area (Å²) in [5.74, 6) is -1.10. The van der Waals surface area contributed by atoms with Crippen molar-refractivity contribution in [3.05, 3.63) is 0 Å². The quantitative estimate of drug-likeness (QED) is 0.655. The molecule has 110 valence electrons. The smallest absolute Gasteiger partial charge is 0.305 e. The van der Waals surface area contributed by atoms with Crippen LogP contribution in [0.5, 0.6) is 0 Å². The fourth-order valence-electron chi connectivity index (χ4n) is 1.79. The average molecular weight is 272 g/mol. The van der Waals surface area contributed by atoms with Crippen LogP contribution in [0.3, 0.4) is 0 Å². The van der Waals surface area contributed by atoms with Crippen molar-refractivity contribution in [2.45, 2.75) is 52.5 Å². The molecule has 0 bridgehead atoms. The number of carboxylic acid groups (broad SMARTS) is 1. The van der Waals surface area contributed by atoms with Gasteiger partial charge in [-0.3, -0.25) is 14.4 Å². The average Bonchev–Trinajstić information content (AvgIpc) is 2.29. The van der Waals surface area contributed by atoms with Crippen LogP contribution >= 0.6 is 0 Å². The lowest BCUT2D eigenvalue weighted by molar-refractivity contribution is -0.137. The summed E-state index contributed by atoms with van der Waals surface area (Å²) in [6.45, 7) is 6.84. The van der Waals surface area contributed by atoms with Crippen molar-refractivity contribution in [1.82, 2.24) is 10.2 Å². The molecule has 0 aliphatic rings. The Hall–Kier alpha value is -1.59. The van der Waals surface area contributed by atoms with Crippen molar-refractivity contribution in [3.8, 4) is 0 Å². The molecule has 0 radical (unpaired) electrons. The Morgan fingerprint density at radius 2 is 1.74 bits per heavy atom. The van der Waals surface area contributed by atoms with E-state index in [-0.39, 0.29) is 30.7 Å². The Morgan fingerprint density at radius 1 is 1.16 bits per heavy atom. The number of nitrogens with zero attached hydrogens (tertiary/aromatic N) is 1. The van der Waals surface area contributed by atoms with Crippen LogP contribution in [0.2, 0.25) is 0 Å². The number of hydrogen-bond acceptors (Lipinski definition) is 3. The molecule has 6 heteroatoms. The molecule has 0 spiro atoms. The second-order valence-electron chi connectivity index (χ2n) is 4.49. The fraction of sp³-hybridized carbons (Fsp3) is 0.769. The van der Waals surface area contributed by atoms with E-state index in [2.05, 4.69) is 5.32 Å². The highest BCUT2D eigenvalue weighted by Crippen LogP contribution is 2.02. The lowest BCUT2D eigenvalue weighted by Gasteiger charge is -2.18. The summed E-state index contributed by atoms with van der Waals surface area (Å²) in [7, 11) is 0. The predicted molar refractivity (Wildman–Crippen MR) is 71.6 cm³/mol. The van der Waals surface area contributed by atoms with Crippen LogP contribution in [0, 0.1) is 0 Å². The van der Waals surface area contributed by atoms with E-state index >= 15 is 0 Å². The molecule has 0 rings (SSSR count). The van der Waals surface area contributed by atoms with Gasteiger partial charge >= 0.3 is 5.97 Å². The minimum atomic E-state index is -0.940. The third-order valence-corrected chi connectivity index (χ3v) is 2.80. The molecule has 1 atom stereocenters. The second-order valence-corrected chi connectivity index (χ2v) is 4.49. The van der Waals surface area contributed by atoms with Gasteiger partial charge in [-0.15, -0.1) is 0 Å². The summed E-state index contributed by atoms with van der Waals surface area (Å²) in [4.78, 5) is 35.3. The zero-order valence-corrected chi connectivity index (χ0v) is 11.9. The van der Waals surface area contributed by atoms with Gasteiger partial charge in [0.15, 0.2) is 0 Å². The minimum absolute atomic E-state index is 0.0522. The highest BCUT2D eigenvalue weighted by molar-refractivity contribution is 5.79. The molecule has 2 amide bonds. The van der Waals surface area contributed by atoms with Crippen molar-refractivity contribution in [3.63, 3.8) is 0 Å². The monoisotopic (exact) mass is 272 g/mol. The highest BCUT2D eigenvalue weighted by atomic mass is 16.4. The number of amides is 2. The van der Waals surface area contributed by atoms with Crippen LogP contribution in [0.25, 0.3) is 0 Å². The van der Waals surface area contributed by atoms with Gasteiger partial charge in [0.25, 0.3) is 0 Å². The number of hydrogen-bond donors (Lipinski definition) is 2. The summed E-state index contributed by atoms with van der Waals surface area (Å²) in [6.07, 6.45) is 0.991. The Labute approximate surface area is 114 Å². The van der Waals surface area contributed by atoms with Crippen molar-refractivity contribution in [2.75, 3.05) is 13.1 Å². The maximum atomic E-state index is 11.7. The van der Waals surface area contributed by atoms with Crippen molar-refractivity contribution >= 4 is 17.8 Å². The molecule has 1 unspecified atom stereocenters. The summed E-state index contributed by atoms with van der Waals surface area (Å²) >= 11 is 0. The van der Waals surface area contributed by atoms with Crippen LogP contribution in [0.15, 0.2) is 0 Å². The first-order valence-corrected chi connectivity index (χ1v) is 6.69. The van der Waals surface area contributed by atoms with Crippen LogP contribution in [-0.2, 0) is 14.4 Å². The summed E-state index contributed by atoms with van der Waals surface area (Å²) in [5, 5.41) is 11.2. The predicted octanol–water partition coefficient (Wildman–Crippen LogP) is 1.00. The van der Waals surface area contributed by atoms with Gasteiger partial charge in [-0.05, 0) is 27.2 Å². The van der Waals surface area contributed by atoms with Gasteiger partial charge in [0.05, 0.1) is 6.42 Å². The standard InChI is InChI=1S/C13H24N2O4/c1-4-15(5-2)12(17)8-6-7-11(16)14-10(3)9-13(18)19/h10H,4-9H2,1-3H3,(H,14,16)(H,18,19). The van der Waals surface area contributed by atoms with Crippen LogP contribution < -0.4 is 5.32 Å². The molecule has 0 saturated heterocycles.